The highest BCUT2D eigenvalue weighted by Crippen LogP contribution is 2.33. The van der Waals surface area contributed by atoms with Gasteiger partial charge in [0, 0.05) is 30.8 Å². The molecule has 5 N–H and O–H groups in total. The molecule has 30 heavy (non-hydrogen) atoms. The molecule has 0 atom stereocenters. The van der Waals surface area contributed by atoms with E-state index in [1.54, 1.807) is 6.92 Å². The minimum absolute atomic E-state index is 0.0672. The number of hydrogen-bond acceptors (Lipinski definition) is 6. The summed E-state index contributed by atoms with van der Waals surface area (Å²) in [5.74, 6) is -2.03. The molecular weight excluding hydrogens is 384 g/mol. The van der Waals surface area contributed by atoms with E-state index in [4.69, 9.17) is 10.8 Å². The molecule has 0 aliphatic heterocycles. The maximum atomic E-state index is 12.3. The summed E-state index contributed by atoms with van der Waals surface area (Å²) in [4.78, 5) is 25.2. The highest BCUT2D eigenvalue weighted by molar-refractivity contribution is 6.48. The predicted molar refractivity (Wildman–Crippen MR) is 116 cm³/mol. The maximum absolute atomic E-state index is 12.3. The van der Waals surface area contributed by atoms with Crippen LogP contribution in [0.1, 0.15) is 54.6 Å². The number of phenols is 2. The van der Waals surface area contributed by atoms with Crippen molar-refractivity contribution in [1.82, 2.24) is 5.32 Å². The molecule has 2 aromatic rings. The number of carbonyl (C=O) groups is 2. The van der Waals surface area contributed by atoms with Gasteiger partial charge in [-0.1, -0.05) is 20.8 Å². The van der Waals surface area contributed by atoms with Gasteiger partial charge in [0.05, 0.1) is 5.56 Å². The highest BCUT2D eigenvalue weighted by Gasteiger charge is 2.26. The first kappa shape index (κ1) is 22.6. The molecule has 0 fully saturated rings. The zero-order chi connectivity index (χ0) is 22.6. The second kappa shape index (κ2) is 9.21. The van der Waals surface area contributed by atoms with Crippen LogP contribution in [0.5, 0.6) is 11.5 Å². The Morgan fingerprint density at radius 2 is 1.67 bits per heavy atom. The third kappa shape index (κ3) is 4.48. The summed E-state index contributed by atoms with van der Waals surface area (Å²) in [5, 5.41) is 39.9. The Morgan fingerprint density at radius 3 is 2.17 bits per heavy atom. The topological polar surface area (TPSA) is 138 Å². The van der Waals surface area contributed by atoms with Crippen molar-refractivity contribution in [2.24, 2.45) is 0 Å². The van der Waals surface area contributed by atoms with Gasteiger partial charge < -0.3 is 15.5 Å². The molecule has 1 amide bonds. The van der Waals surface area contributed by atoms with E-state index in [9.17, 15) is 19.8 Å². The van der Waals surface area contributed by atoms with E-state index < -0.39 is 11.6 Å². The van der Waals surface area contributed by atoms with Crippen LogP contribution in [0, 0.1) is 10.8 Å². The van der Waals surface area contributed by atoms with Crippen LogP contribution in [0.25, 0.3) is 0 Å². The van der Waals surface area contributed by atoms with Crippen LogP contribution in [0.2, 0.25) is 0 Å². The first-order valence-corrected chi connectivity index (χ1v) is 9.51. The third-order valence-electron chi connectivity index (χ3n) is 4.67. The Morgan fingerprint density at radius 1 is 1.07 bits per heavy atom. The minimum Gasteiger partial charge on any atom is -0.508 e. The number of Topliss-reactive ketones (excluding diaryl/α,β-unsaturated/α-hetero) is 1. The molecule has 0 spiro atoms. The fourth-order valence-electron chi connectivity index (χ4n) is 2.93. The summed E-state index contributed by atoms with van der Waals surface area (Å²) in [7, 11) is 1.51. The van der Waals surface area contributed by atoms with Crippen molar-refractivity contribution in [2.45, 2.75) is 33.1 Å². The first-order valence-electron chi connectivity index (χ1n) is 9.51. The number of aromatic hydroxyl groups is 2. The maximum Gasteiger partial charge on any atom is 0.251 e. The number of nitrogens with zero attached hydrogens (tertiary/aromatic N) is 1. The minimum atomic E-state index is -0.488. The standard InChI is InChI=1S/C22H26N4O4/c1-5-17(27)21(24)26(14-8-6-13(7-9-14)22(30)25-4)20(23)16-10-15(12(2)3)18(28)11-19(16)29/h6-12,23-24,28-29H,5H2,1-4H3,(H,25,30). The van der Waals surface area contributed by atoms with Crippen LogP contribution in [0.15, 0.2) is 36.4 Å². The van der Waals surface area contributed by atoms with Crippen molar-refractivity contribution in [1.29, 1.82) is 10.8 Å². The second-order valence-corrected chi connectivity index (χ2v) is 7.02. The highest BCUT2D eigenvalue weighted by atomic mass is 16.3. The zero-order valence-electron chi connectivity index (χ0n) is 17.4. The van der Waals surface area contributed by atoms with E-state index in [0.717, 1.165) is 11.0 Å². The molecule has 0 aliphatic rings. The summed E-state index contributed by atoms with van der Waals surface area (Å²) in [6.07, 6.45) is 0.0672. The molecule has 0 aromatic heterocycles. The van der Waals surface area contributed by atoms with Gasteiger partial charge in [0.25, 0.3) is 5.91 Å². The molecule has 2 rings (SSSR count). The van der Waals surface area contributed by atoms with E-state index in [0.29, 0.717) is 16.8 Å². The Kier molecular flexibility index (Phi) is 6.94. The smallest absolute Gasteiger partial charge is 0.251 e. The van der Waals surface area contributed by atoms with E-state index in [1.807, 2.05) is 13.8 Å². The van der Waals surface area contributed by atoms with Crippen LogP contribution >= 0.6 is 0 Å². The van der Waals surface area contributed by atoms with Gasteiger partial charge in [-0.05, 0) is 41.8 Å². The summed E-state index contributed by atoms with van der Waals surface area (Å²) < 4.78 is 0. The van der Waals surface area contributed by atoms with E-state index >= 15 is 0 Å². The fraction of sp³-hybridized carbons (Fsp3) is 0.273. The zero-order valence-corrected chi connectivity index (χ0v) is 17.4. The lowest BCUT2D eigenvalue weighted by atomic mass is 9.98. The van der Waals surface area contributed by atoms with Gasteiger partial charge in [-0.25, -0.2) is 0 Å². The first-order chi connectivity index (χ1) is 14.1. The van der Waals surface area contributed by atoms with E-state index in [1.165, 1.54) is 37.4 Å². The molecule has 158 valence electrons. The Bertz CT molecular complexity index is 997. The summed E-state index contributed by atoms with van der Waals surface area (Å²) >= 11 is 0. The molecule has 0 saturated heterocycles. The molecule has 0 aliphatic carbocycles. The fourth-order valence-corrected chi connectivity index (χ4v) is 2.93. The van der Waals surface area contributed by atoms with Crippen molar-refractivity contribution in [3.8, 4) is 11.5 Å². The van der Waals surface area contributed by atoms with Crippen molar-refractivity contribution in [2.75, 3.05) is 11.9 Å². The number of benzene rings is 2. The van der Waals surface area contributed by atoms with Gasteiger partial charge in [-0.3, -0.25) is 25.3 Å². The van der Waals surface area contributed by atoms with Crippen LogP contribution in [-0.2, 0) is 4.79 Å². The van der Waals surface area contributed by atoms with Gasteiger partial charge in [0.1, 0.15) is 17.3 Å². The molecule has 0 bridgehead atoms. The molecular formula is C22H26N4O4. The molecule has 8 nitrogen and oxygen atoms in total. The van der Waals surface area contributed by atoms with Gasteiger partial charge >= 0.3 is 0 Å². The molecule has 2 aromatic carbocycles. The van der Waals surface area contributed by atoms with Gasteiger partial charge in [0.2, 0.25) is 0 Å². The van der Waals surface area contributed by atoms with Crippen molar-refractivity contribution in [3.63, 3.8) is 0 Å². The van der Waals surface area contributed by atoms with Gasteiger partial charge in [-0.15, -0.1) is 0 Å². The molecule has 0 saturated carbocycles. The second-order valence-electron chi connectivity index (χ2n) is 7.02. The predicted octanol–water partition coefficient (Wildman–Crippen LogP) is 3.37. The Labute approximate surface area is 175 Å². The number of amides is 1. The monoisotopic (exact) mass is 410 g/mol. The molecule has 0 radical (unpaired) electrons. The van der Waals surface area contributed by atoms with Crippen molar-refractivity contribution in [3.05, 3.63) is 53.1 Å². The Hall–Kier alpha value is -3.68. The van der Waals surface area contributed by atoms with Crippen molar-refractivity contribution < 1.29 is 19.8 Å². The summed E-state index contributed by atoms with van der Waals surface area (Å²) in [6, 6.07) is 8.72. The quantitative estimate of drug-likeness (QED) is 0.367. The summed E-state index contributed by atoms with van der Waals surface area (Å²) in [5.41, 5.74) is 1.30. The van der Waals surface area contributed by atoms with Crippen LogP contribution in [-0.4, -0.2) is 40.6 Å². The number of rotatable bonds is 6. The van der Waals surface area contributed by atoms with Gasteiger partial charge in [0.15, 0.2) is 11.6 Å². The number of carbonyl (C=O) groups excluding carboxylic acids is 2. The summed E-state index contributed by atoms with van der Waals surface area (Å²) in [6.45, 7) is 5.33. The van der Waals surface area contributed by atoms with Crippen LogP contribution < -0.4 is 10.2 Å². The molecule has 0 heterocycles. The lowest BCUT2D eigenvalue weighted by molar-refractivity contribution is -0.112. The van der Waals surface area contributed by atoms with Crippen LogP contribution in [0.3, 0.4) is 0 Å². The molecule has 0 unspecified atom stereocenters. The average molecular weight is 410 g/mol. The average Bonchev–Trinajstić information content (AvgIpc) is 2.72. The number of anilines is 1. The number of hydrogen-bond donors (Lipinski definition) is 5. The largest absolute Gasteiger partial charge is 0.508 e. The number of amidine groups is 2. The normalized spacial score (nSPS) is 10.6. The lowest BCUT2D eigenvalue weighted by Crippen LogP contribution is -2.41. The van der Waals surface area contributed by atoms with E-state index in [2.05, 4.69) is 5.32 Å². The van der Waals surface area contributed by atoms with Crippen LogP contribution in [0.4, 0.5) is 5.69 Å². The SMILES string of the molecule is CCC(=O)C(=N)N(C(=N)c1cc(C(C)C)c(O)cc1O)c1ccc(C(=O)NC)cc1. The number of phenolic OH excluding ortho intramolecular Hbond substituents is 2. The number of nitrogens with one attached hydrogen (secondary N) is 3. The number of ketones is 1. The lowest BCUT2D eigenvalue weighted by Gasteiger charge is -2.26. The third-order valence-corrected chi connectivity index (χ3v) is 4.67. The van der Waals surface area contributed by atoms with Crippen molar-refractivity contribution >= 4 is 29.0 Å². The van der Waals surface area contributed by atoms with Gasteiger partial charge in [-0.2, -0.15) is 0 Å². The van der Waals surface area contributed by atoms with E-state index in [-0.39, 0.29) is 41.1 Å². The Balaban J connectivity index is 2.60. The molecule has 8 heteroatoms.